The van der Waals surface area contributed by atoms with E-state index in [4.69, 9.17) is 9.47 Å². The molecule has 1 unspecified atom stereocenters. The maximum Gasteiger partial charge on any atom is 0.311 e. The molecule has 2 N–H and O–H groups in total. The minimum absolute atomic E-state index is 0.0797. The molecule has 178 valence electrons. The normalized spacial score (nSPS) is 41.3. The molecule has 6 heteroatoms. The second-order valence-corrected chi connectivity index (χ2v) is 11.1. The zero-order chi connectivity index (χ0) is 22.9. The number of fused-ring (bicyclic) bond motifs is 1. The molecule has 0 spiro atoms. The van der Waals surface area contributed by atoms with Crippen molar-refractivity contribution in [3.05, 3.63) is 0 Å². The number of hydrogen-bond donors (Lipinski definition) is 2. The van der Waals surface area contributed by atoms with Gasteiger partial charge in [0, 0.05) is 12.3 Å². The van der Waals surface area contributed by atoms with E-state index in [9.17, 15) is 19.8 Å². The van der Waals surface area contributed by atoms with Crippen LogP contribution in [-0.4, -0.2) is 46.6 Å². The molecule has 0 aromatic rings. The lowest BCUT2D eigenvalue weighted by atomic mass is 9.57. The highest BCUT2D eigenvalue weighted by molar-refractivity contribution is 5.76. The summed E-state index contributed by atoms with van der Waals surface area (Å²) < 4.78 is 11.6. The summed E-state index contributed by atoms with van der Waals surface area (Å²) in [6.07, 6.45) is 4.10. The Morgan fingerprint density at radius 2 is 1.84 bits per heavy atom. The molecule has 0 radical (unpaired) electrons. The summed E-state index contributed by atoms with van der Waals surface area (Å²) in [5.74, 6) is 0.625. The van der Waals surface area contributed by atoms with Crippen LogP contribution in [0.25, 0.3) is 0 Å². The Kier molecular flexibility index (Phi) is 7.73. The van der Waals surface area contributed by atoms with Gasteiger partial charge in [-0.25, -0.2) is 0 Å². The van der Waals surface area contributed by atoms with Gasteiger partial charge in [0.25, 0.3) is 0 Å². The van der Waals surface area contributed by atoms with E-state index in [1.807, 2.05) is 20.8 Å². The number of carbonyl (C=O) groups is 2. The molecule has 0 aromatic heterocycles. The van der Waals surface area contributed by atoms with Gasteiger partial charge in [-0.2, -0.15) is 0 Å². The summed E-state index contributed by atoms with van der Waals surface area (Å²) in [7, 11) is 0. The van der Waals surface area contributed by atoms with Gasteiger partial charge in [0.2, 0.25) is 0 Å². The predicted octanol–water partition coefficient (Wildman–Crippen LogP) is 3.86. The van der Waals surface area contributed by atoms with Gasteiger partial charge in [0.05, 0.1) is 24.0 Å². The van der Waals surface area contributed by atoms with Crippen LogP contribution in [0.1, 0.15) is 86.0 Å². The van der Waals surface area contributed by atoms with Crippen LogP contribution < -0.4 is 0 Å². The molecular formula is C25H42O6. The first-order valence-electron chi connectivity index (χ1n) is 12.3. The number of cyclic esters (lactones) is 1. The standard InChI is InChI=1S/C25H42O6/c1-6-25(4,5)24(29)31-20-11-15(3)23(28)19-9-7-14(2)18(22(19)20)10-8-17-12-16(26)13-21(27)30-17/h14-20,22-23,26,28H,6-13H2,1-5H3/t14-,15-,16+,17+,18-,19+,20-,22?,23-/m0/s1. The van der Waals surface area contributed by atoms with E-state index >= 15 is 0 Å². The molecule has 1 heterocycles. The quantitative estimate of drug-likeness (QED) is 0.612. The van der Waals surface area contributed by atoms with Crippen molar-refractivity contribution in [2.45, 2.75) is 110 Å². The van der Waals surface area contributed by atoms with E-state index in [1.54, 1.807) is 0 Å². The molecular weight excluding hydrogens is 396 g/mol. The van der Waals surface area contributed by atoms with Crippen molar-refractivity contribution in [3.63, 3.8) is 0 Å². The molecule has 1 saturated heterocycles. The number of aliphatic hydroxyl groups is 2. The maximum absolute atomic E-state index is 12.9. The van der Waals surface area contributed by atoms with Crippen molar-refractivity contribution >= 4 is 11.9 Å². The second kappa shape index (κ2) is 9.78. The zero-order valence-corrected chi connectivity index (χ0v) is 19.9. The smallest absolute Gasteiger partial charge is 0.311 e. The van der Waals surface area contributed by atoms with Crippen molar-refractivity contribution in [2.24, 2.45) is 35.0 Å². The lowest BCUT2D eigenvalue weighted by molar-refractivity contribution is -0.183. The number of esters is 2. The molecule has 6 nitrogen and oxygen atoms in total. The summed E-state index contributed by atoms with van der Waals surface area (Å²) in [6.45, 7) is 10.2. The highest BCUT2D eigenvalue weighted by Crippen LogP contribution is 2.51. The zero-order valence-electron chi connectivity index (χ0n) is 19.9. The van der Waals surface area contributed by atoms with Crippen LogP contribution in [0.3, 0.4) is 0 Å². The third-order valence-electron chi connectivity index (χ3n) is 8.48. The van der Waals surface area contributed by atoms with Crippen LogP contribution in [0, 0.1) is 35.0 Å². The van der Waals surface area contributed by atoms with Gasteiger partial charge in [0.15, 0.2) is 0 Å². The molecule has 3 fully saturated rings. The summed E-state index contributed by atoms with van der Waals surface area (Å²) in [4.78, 5) is 24.7. The Hall–Kier alpha value is -1.14. The largest absolute Gasteiger partial charge is 0.462 e. The lowest BCUT2D eigenvalue weighted by Crippen LogP contribution is -2.54. The Labute approximate surface area is 187 Å². The van der Waals surface area contributed by atoms with Gasteiger partial charge < -0.3 is 19.7 Å². The average molecular weight is 439 g/mol. The third-order valence-corrected chi connectivity index (χ3v) is 8.48. The first kappa shape index (κ1) is 24.5. The molecule has 2 aliphatic carbocycles. The van der Waals surface area contributed by atoms with E-state index in [1.165, 1.54) is 0 Å². The molecule has 1 aliphatic heterocycles. The minimum atomic E-state index is -0.620. The molecule has 3 aliphatic rings. The highest BCUT2D eigenvalue weighted by atomic mass is 16.6. The van der Waals surface area contributed by atoms with Crippen LogP contribution in [0.5, 0.6) is 0 Å². The summed E-state index contributed by atoms with van der Waals surface area (Å²) in [6, 6.07) is 0. The van der Waals surface area contributed by atoms with E-state index in [-0.39, 0.29) is 54.4 Å². The minimum Gasteiger partial charge on any atom is -0.462 e. The van der Waals surface area contributed by atoms with Gasteiger partial charge in [-0.1, -0.05) is 27.2 Å². The SMILES string of the molecule is CCC(C)(C)C(=O)O[C@H]1C[C@H](C)[C@H](O)[C@@H]2CC[C@H](C)[C@H](CC[C@@H]3C[C@@H](O)CC(=O)O3)C12. The fourth-order valence-electron chi connectivity index (χ4n) is 6.05. The van der Waals surface area contributed by atoms with Gasteiger partial charge in [0.1, 0.15) is 12.2 Å². The van der Waals surface area contributed by atoms with Crippen molar-refractivity contribution in [2.75, 3.05) is 0 Å². The fourth-order valence-corrected chi connectivity index (χ4v) is 6.05. The summed E-state index contributed by atoms with van der Waals surface area (Å²) in [5, 5.41) is 20.9. The number of carbonyl (C=O) groups excluding carboxylic acids is 2. The summed E-state index contributed by atoms with van der Waals surface area (Å²) >= 11 is 0. The first-order valence-corrected chi connectivity index (χ1v) is 12.3. The molecule has 0 aromatic carbocycles. The Bertz CT molecular complexity index is 646. The van der Waals surface area contributed by atoms with Crippen LogP contribution in [0.2, 0.25) is 0 Å². The van der Waals surface area contributed by atoms with E-state index in [0.717, 1.165) is 25.7 Å². The first-order chi connectivity index (χ1) is 14.5. The maximum atomic E-state index is 12.9. The second-order valence-electron chi connectivity index (χ2n) is 11.1. The van der Waals surface area contributed by atoms with Crippen molar-refractivity contribution in [1.82, 2.24) is 0 Å². The van der Waals surface area contributed by atoms with Crippen LogP contribution >= 0.6 is 0 Å². The number of aliphatic hydroxyl groups excluding tert-OH is 2. The molecule has 2 saturated carbocycles. The molecule has 0 bridgehead atoms. The average Bonchev–Trinajstić information content (AvgIpc) is 2.69. The van der Waals surface area contributed by atoms with Crippen LogP contribution in [0.15, 0.2) is 0 Å². The van der Waals surface area contributed by atoms with E-state index in [0.29, 0.717) is 31.1 Å². The fraction of sp³-hybridized carbons (Fsp3) is 0.920. The number of ether oxygens (including phenoxy) is 2. The van der Waals surface area contributed by atoms with Crippen molar-refractivity contribution in [1.29, 1.82) is 0 Å². The van der Waals surface area contributed by atoms with Gasteiger partial charge >= 0.3 is 11.9 Å². The molecule has 3 rings (SSSR count). The molecule has 0 amide bonds. The Morgan fingerprint density at radius 3 is 2.48 bits per heavy atom. The monoisotopic (exact) mass is 438 g/mol. The number of hydrogen-bond acceptors (Lipinski definition) is 6. The topological polar surface area (TPSA) is 93.1 Å². The van der Waals surface area contributed by atoms with Gasteiger partial charge in [-0.3, -0.25) is 9.59 Å². The Balaban J connectivity index is 1.77. The van der Waals surface area contributed by atoms with Crippen molar-refractivity contribution in [3.8, 4) is 0 Å². The number of rotatable bonds is 6. The van der Waals surface area contributed by atoms with Crippen molar-refractivity contribution < 1.29 is 29.3 Å². The summed E-state index contributed by atoms with van der Waals surface area (Å²) in [5.41, 5.74) is -0.517. The van der Waals surface area contributed by atoms with Gasteiger partial charge in [-0.15, -0.1) is 0 Å². The van der Waals surface area contributed by atoms with Crippen LogP contribution in [-0.2, 0) is 19.1 Å². The van der Waals surface area contributed by atoms with E-state index in [2.05, 4.69) is 13.8 Å². The predicted molar refractivity (Wildman–Crippen MR) is 117 cm³/mol. The molecule has 31 heavy (non-hydrogen) atoms. The van der Waals surface area contributed by atoms with Gasteiger partial charge in [-0.05, 0) is 69.6 Å². The molecule has 9 atom stereocenters. The third kappa shape index (κ3) is 5.44. The lowest BCUT2D eigenvalue weighted by Gasteiger charge is -2.52. The highest BCUT2D eigenvalue weighted by Gasteiger charge is 2.51. The Morgan fingerprint density at radius 1 is 1.13 bits per heavy atom. The van der Waals surface area contributed by atoms with Crippen LogP contribution in [0.4, 0.5) is 0 Å². The van der Waals surface area contributed by atoms with E-state index < -0.39 is 11.5 Å².